The van der Waals surface area contributed by atoms with Crippen molar-refractivity contribution in [1.29, 1.82) is 0 Å². The van der Waals surface area contributed by atoms with Crippen molar-refractivity contribution in [3.63, 3.8) is 0 Å². The van der Waals surface area contributed by atoms with Crippen LogP contribution in [-0.4, -0.2) is 49.3 Å². The van der Waals surface area contributed by atoms with Crippen molar-refractivity contribution in [1.82, 2.24) is 10.2 Å². The molecule has 2 unspecified atom stereocenters. The van der Waals surface area contributed by atoms with Gasteiger partial charge < -0.3 is 14.8 Å². The molecule has 2 heterocycles. The van der Waals surface area contributed by atoms with Gasteiger partial charge in [0.15, 0.2) is 0 Å². The van der Waals surface area contributed by atoms with Gasteiger partial charge in [0.25, 0.3) is 5.91 Å². The lowest BCUT2D eigenvalue weighted by molar-refractivity contribution is 0.0827. The molecule has 184 valence electrons. The molecule has 1 N–H and O–H groups in total. The lowest BCUT2D eigenvalue weighted by Crippen LogP contribution is -2.50. The van der Waals surface area contributed by atoms with E-state index in [-0.39, 0.29) is 11.9 Å². The predicted octanol–water partition coefficient (Wildman–Crippen LogP) is 5.38. The highest BCUT2D eigenvalue weighted by Gasteiger charge is 2.41. The first-order valence-corrected chi connectivity index (χ1v) is 12.7. The molecule has 2 saturated heterocycles. The van der Waals surface area contributed by atoms with Gasteiger partial charge in [0.2, 0.25) is 0 Å². The topological polar surface area (TPSA) is 50.8 Å². The number of benzene rings is 2. The number of amides is 1. The zero-order chi connectivity index (χ0) is 24.2. The number of hydrogen-bond donors (Lipinski definition) is 1. The zero-order valence-corrected chi connectivity index (χ0v) is 21.4. The van der Waals surface area contributed by atoms with Crippen LogP contribution in [0.3, 0.4) is 0 Å². The number of piperidine rings is 1. The van der Waals surface area contributed by atoms with E-state index in [4.69, 9.17) is 9.47 Å². The first kappa shape index (κ1) is 24.7. The van der Waals surface area contributed by atoms with Crippen molar-refractivity contribution in [3.05, 3.63) is 64.2 Å². The van der Waals surface area contributed by atoms with E-state index in [1.54, 1.807) is 7.11 Å². The fraction of sp³-hybridized carbons (Fsp3) is 0.552. The molecule has 5 heteroatoms. The Bertz CT molecular complexity index is 972. The molecule has 2 atom stereocenters. The summed E-state index contributed by atoms with van der Waals surface area (Å²) in [6, 6.07) is 13.7. The molecule has 0 aliphatic carbocycles. The summed E-state index contributed by atoms with van der Waals surface area (Å²) < 4.78 is 11.0. The number of nitrogens with one attached hydrogen (secondary N) is 1. The highest BCUT2D eigenvalue weighted by atomic mass is 16.5. The number of methoxy groups -OCH3 is 1. The highest BCUT2D eigenvalue weighted by molar-refractivity contribution is 5.94. The fourth-order valence-corrected chi connectivity index (χ4v) is 5.55. The first-order valence-electron chi connectivity index (χ1n) is 12.7. The standard InChI is InChI=1S/C29H40N2O3/c1-19(2)22-6-8-23(9-7-22)29(32)30-25-16-26-11-12-27(17-25)31(26)18-24-10-13-28(21(4)20(24)3)34-15-14-33-5/h6-10,13,19,25-27H,11-12,14-18H2,1-5H3,(H,30,32). The predicted molar refractivity (Wildman–Crippen MR) is 137 cm³/mol. The van der Waals surface area contributed by atoms with Crippen LogP contribution in [0.2, 0.25) is 0 Å². The number of hydrogen-bond acceptors (Lipinski definition) is 4. The van der Waals surface area contributed by atoms with Crippen molar-refractivity contribution >= 4 is 5.91 Å². The number of fused-ring (bicyclic) bond motifs is 2. The molecule has 4 rings (SSSR count). The summed E-state index contributed by atoms with van der Waals surface area (Å²) in [5.74, 6) is 1.48. The Labute approximate surface area is 204 Å². The molecule has 5 nitrogen and oxygen atoms in total. The van der Waals surface area contributed by atoms with E-state index in [0.717, 1.165) is 30.7 Å². The summed E-state index contributed by atoms with van der Waals surface area (Å²) >= 11 is 0. The van der Waals surface area contributed by atoms with Crippen LogP contribution >= 0.6 is 0 Å². The fourth-order valence-electron chi connectivity index (χ4n) is 5.55. The molecule has 0 aromatic heterocycles. The van der Waals surface area contributed by atoms with Gasteiger partial charge in [-0.05, 0) is 85.9 Å². The summed E-state index contributed by atoms with van der Waals surface area (Å²) in [6.07, 6.45) is 4.50. The summed E-state index contributed by atoms with van der Waals surface area (Å²) in [6.45, 7) is 10.8. The molecule has 1 amide bonds. The van der Waals surface area contributed by atoms with Gasteiger partial charge in [-0.1, -0.05) is 32.0 Å². The molecule has 2 aliphatic heterocycles. The van der Waals surface area contributed by atoms with Crippen LogP contribution in [0, 0.1) is 13.8 Å². The molecule has 2 fully saturated rings. The second kappa shape index (κ2) is 10.9. The van der Waals surface area contributed by atoms with Gasteiger partial charge in [-0.2, -0.15) is 0 Å². The van der Waals surface area contributed by atoms with Crippen LogP contribution < -0.4 is 10.1 Å². The highest BCUT2D eigenvalue weighted by Crippen LogP contribution is 2.38. The molecular formula is C29H40N2O3. The smallest absolute Gasteiger partial charge is 0.251 e. The Hall–Kier alpha value is -2.37. The van der Waals surface area contributed by atoms with Crippen LogP contribution in [0.5, 0.6) is 5.75 Å². The third-order valence-electron chi connectivity index (χ3n) is 7.81. The van der Waals surface area contributed by atoms with Crippen molar-refractivity contribution in [2.24, 2.45) is 0 Å². The Morgan fingerprint density at radius 1 is 1.00 bits per heavy atom. The SMILES string of the molecule is COCCOc1ccc(CN2C3CCC2CC(NC(=O)c2ccc(C(C)C)cc2)C3)c(C)c1C. The number of ether oxygens (including phenoxy) is 2. The molecule has 2 aliphatic rings. The van der Waals surface area contributed by atoms with Crippen LogP contribution in [0.25, 0.3) is 0 Å². The lowest BCUT2D eigenvalue weighted by Gasteiger charge is -2.39. The Morgan fingerprint density at radius 2 is 1.68 bits per heavy atom. The first-order chi connectivity index (χ1) is 16.4. The summed E-state index contributed by atoms with van der Waals surface area (Å²) in [5.41, 5.74) is 5.93. The van der Waals surface area contributed by atoms with Crippen LogP contribution in [0.1, 0.15) is 78.1 Å². The minimum atomic E-state index is 0.0590. The second-order valence-electron chi connectivity index (χ2n) is 10.3. The van der Waals surface area contributed by atoms with Gasteiger partial charge in [0.1, 0.15) is 12.4 Å². The average Bonchev–Trinajstić information content (AvgIpc) is 3.05. The van der Waals surface area contributed by atoms with Crippen LogP contribution in [0.15, 0.2) is 36.4 Å². The van der Waals surface area contributed by atoms with E-state index in [2.05, 4.69) is 62.2 Å². The molecule has 2 aromatic rings. The van der Waals surface area contributed by atoms with Gasteiger partial charge in [-0.15, -0.1) is 0 Å². The number of rotatable bonds is 9. The zero-order valence-electron chi connectivity index (χ0n) is 21.4. The molecule has 34 heavy (non-hydrogen) atoms. The Morgan fingerprint density at radius 3 is 2.29 bits per heavy atom. The normalized spacial score (nSPS) is 22.2. The monoisotopic (exact) mass is 464 g/mol. The molecule has 2 bridgehead atoms. The van der Waals surface area contributed by atoms with Gasteiger partial charge in [0.05, 0.1) is 6.61 Å². The average molecular weight is 465 g/mol. The molecular weight excluding hydrogens is 424 g/mol. The maximum Gasteiger partial charge on any atom is 0.251 e. The minimum absolute atomic E-state index is 0.0590. The maximum absolute atomic E-state index is 12.9. The number of carbonyl (C=O) groups is 1. The van der Waals surface area contributed by atoms with E-state index in [9.17, 15) is 4.79 Å². The quantitative estimate of drug-likeness (QED) is 0.507. The Balaban J connectivity index is 1.36. The van der Waals surface area contributed by atoms with E-state index in [0.29, 0.717) is 31.2 Å². The van der Waals surface area contributed by atoms with E-state index in [1.807, 2.05) is 12.1 Å². The summed E-state index contributed by atoms with van der Waals surface area (Å²) in [5, 5.41) is 3.33. The van der Waals surface area contributed by atoms with E-state index < -0.39 is 0 Å². The molecule has 0 saturated carbocycles. The molecule has 0 radical (unpaired) electrons. The van der Waals surface area contributed by atoms with Crippen LogP contribution in [0.4, 0.5) is 0 Å². The Kier molecular flexibility index (Phi) is 7.95. The van der Waals surface area contributed by atoms with Gasteiger partial charge in [0, 0.05) is 37.3 Å². The van der Waals surface area contributed by atoms with Crippen LogP contribution in [-0.2, 0) is 11.3 Å². The van der Waals surface area contributed by atoms with Crippen molar-refractivity contribution in [2.45, 2.75) is 84.0 Å². The van der Waals surface area contributed by atoms with E-state index >= 15 is 0 Å². The molecule has 0 spiro atoms. The summed E-state index contributed by atoms with van der Waals surface area (Å²) in [7, 11) is 1.69. The number of carbonyl (C=O) groups excluding carboxylic acids is 1. The number of nitrogens with zero attached hydrogens (tertiary/aromatic N) is 1. The van der Waals surface area contributed by atoms with Gasteiger partial charge >= 0.3 is 0 Å². The summed E-state index contributed by atoms with van der Waals surface area (Å²) in [4.78, 5) is 15.5. The molecule has 2 aromatic carbocycles. The van der Waals surface area contributed by atoms with Gasteiger partial charge in [-0.3, -0.25) is 9.69 Å². The van der Waals surface area contributed by atoms with E-state index in [1.165, 1.54) is 35.1 Å². The maximum atomic E-state index is 12.9. The third kappa shape index (κ3) is 5.47. The van der Waals surface area contributed by atoms with Crippen molar-refractivity contribution in [3.8, 4) is 5.75 Å². The minimum Gasteiger partial charge on any atom is -0.491 e. The second-order valence-corrected chi connectivity index (χ2v) is 10.3. The van der Waals surface area contributed by atoms with Gasteiger partial charge in [-0.25, -0.2) is 0 Å². The van der Waals surface area contributed by atoms with Crippen molar-refractivity contribution < 1.29 is 14.3 Å². The van der Waals surface area contributed by atoms with Crippen molar-refractivity contribution in [2.75, 3.05) is 20.3 Å². The largest absolute Gasteiger partial charge is 0.491 e. The third-order valence-corrected chi connectivity index (χ3v) is 7.81. The lowest BCUT2D eigenvalue weighted by atomic mass is 9.94.